The number of nitrogens with one attached hydrogen (secondary N) is 1. The third-order valence-electron chi connectivity index (χ3n) is 3.82. The average molecular weight is 331 g/mol. The number of ether oxygens (including phenoxy) is 2. The summed E-state index contributed by atoms with van der Waals surface area (Å²) in [4.78, 5) is 27.2. The van der Waals surface area contributed by atoms with Crippen LogP contribution < -0.4 is 14.8 Å². The Morgan fingerprint density at radius 1 is 1.38 bits per heavy atom. The van der Waals surface area contributed by atoms with E-state index in [1.807, 2.05) is 6.07 Å². The molecule has 0 bridgehead atoms. The topological polar surface area (TPSA) is 103 Å². The summed E-state index contributed by atoms with van der Waals surface area (Å²) in [6.45, 7) is 1.94. The Morgan fingerprint density at radius 2 is 2.17 bits per heavy atom. The number of carbonyl (C=O) groups excluding carboxylic acids is 1. The first kappa shape index (κ1) is 15.9. The Hall–Kier alpha value is -3.03. The number of carbonyl (C=O) groups is 2. The molecule has 126 valence electrons. The van der Waals surface area contributed by atoms with E-state index < -0.39 is 5.97 Å². The molecule has 0 saturated carbocycles. The van der Waals surface area contributed by atoms with Gasteiger partial charge in [-0.15, -0.1) is 0 Å². The fourth-order valence-corrected chi connectivity index (χ4v) is 2.45. The van der Waals surface area contributed by atoms with E-state index in [1.165, 1.54) is 10.8 Å². The fourth-order valence-electron chi connectivity index (χ4n) is 2.45. The van der Waals surface area contributed by atoms with E-state index in [0.29, 0.717) is 17.3 Å². The van der Waals surface area contributed by atoms with Crippen LogP contribution in [0.3, 0.4) is 0 Å². The number of fused-ring (bicyclic) bond motifs is 1. The van der Waals surface area contributed by atoms with Crippen molar-refractivity contribution in [3.63, 3.8) is 0 Å². The van der Waals surface area contributed by atoms with E-state index in [0.717, 1.165) is 5.56 Å². The molecule has 2 aromatic rings. The molecule has 2 heterocycles. The van der Waals surface area contributed by atoms with Gasteiger partial charge in [-0.3, -0.25) is 9.59 Å². The van der Waals surface area contributed by atoms with E-state index in [-0.39, 0.29) is 31.7 Å². The summed E-state index contributed by atoms with van der Waals surface area (Å²) in [5.74, 6) is 0.255. The van der Waals surface area contributed by atoms with Gasteiger partial charge in [0.1, 0.15) is 12.4 Å². The summed E-state index contributed by atoms with van der Waals surface area (Å²) in [6.07, 6.45) is 3.07. The van der Waals surface area contributed by atoms with Crippen molar-refractivity contribution in [2.45, 2.75) is 25.9 Å². The number of carboxylic acid groups (broad SMARTS) is 1. The summed E-state index contributed by atoms with van der Waals surface area (Å²) >= 11 is 0. The van der Waals surface area contributed by atoms with Gasteiger partial charge in [0.2, 0.25) is 12.7 Å². The molecule has 8 heteroatoms. The number of imidazole rings is 1. The minimum Gasteiger partial charge on any atom is -0.480 e. The normalized spacial score (nSPS) is 13.5. The molecular weight excluding hydrogens is 314 g/mol. The molecule has 1 aromatic heterocycles. The molecule has 0 radical (unpaired) electrons. The summed E-state index contributed by atoms with van der Waals surface area (Å²) < 4.78 is 12.1. The van der Waals surface area contributed by atoms with Crippen molar-refractivity contribution < 1.29 is 24.2 Å². The van der Waals surface area contributed by atoms with Crippen LogP contribution in [0.4, 0.5) is 0 Å². The Bertz CT molecular complexity index is 771. The number of rotatable bonds is 6. The summed E-state index contributed by atoms with van der Waals surface area (Å²) in [5.41, 5.74) is 0.811. The van der Waals surface area contributed by atoms with E-state index in [9.17, 15) is 9.59 Å². The number of nitrogens with zero attached hydrogens (tertiary/aromatic N) is 2. The Kier molecular flexibility index (Phi) is 4.37. The maximum atomic E-state index is 12.3. The van der Waals surface area contributed by atoms with Crippen LogP contribution in [0.15, 0.2) is 30.6 Å². The van der Waals surface area contributed by atoms with Gasteiger partial charge in [-0.25, -0.2) is 4.98 Å². The second-order valence-corrected chi connectivity index (χ2v) is 5.42. The number of carboxylic acids is 1. The van der Waals surface area contributed by atoms with Gasteiger partial charge < -0.3 is 24.5 Å². The van der Waals surface area contributed by atoms with Gasteiger partial charge in [-0.1, -0.05) is 6.07 Å². The predicted molar refractivity (Wildman–Crippen MR) is 82.7 cm³/mol. The van der Waals surface area contributed by atoms with Gasteiger partial charge in [-0.2, -0.15) is 0 Å². The van der Waals surface area contributed by atoms with Crippen molar-refractivity contribution in [2.24, 2.45) is 0 Å². The summed E-state index contributed by atoms with van der Waals surface area (Å²) in [7, 11) is 0. The second-order valence-electron chi connectivity index (χ2n) is 5.42. The van der Waals surface area contributed by atoms with Crippen LogP contribution in [0.1, 0.15) is 24.2 Å². The van der Waals surface area contributed by atoms with Crippen LogP contribution in [-0.2, 0) is 22.7 Å². The van der Waals surface area contributed by atoms with Crippen molar-refractivity contribution in [3.8, 4) is 11.5 Å². The highest BCUT2D eigenvalue weighted by Crippen LogP contribution is 2.34. The van der Waals surface area contributed by atoms with Crippen LogP contribution >= 0.6 is 0 Å². The van der Waals surface area contributed by atoms with Crippen LogP contribution in [0.2, 0.25) is 0 Å². The van der Waals surface area contributed by atoms with Crippen molar-refractivity contribution in [1.82, 2.24) is 14.9 Å². The highest BCUT2D eigenvalue weighted by molar-refractivity contribution is 5.83. The summed E-state index contributed by atoms with van der Waals surface area (Å²) in [5, 5.41) is 11.6. The zero-order chi connectivity index (χ0) is 17.1. The van der Waals surface area contributed by atoms with Gasteiger partial charge in [0, 0.05) is 12.4 Å². The number of aromatic nitrogens is 2. The quantitative estimate of drug-likeness (QED) is 0.822. The van der Waals surface area contributed by atoms with Crippen LogP contribution in [0.5, 0.6) is 11.5 Å². The third kappa shape index (κ3) is 3.32. The predicted octanol–water partition coefficient (Wildman–Crippen LogP) is 1.12. The lowest BCUT2D eigenvalue weighted by atomic mass is 10.00. The fraction of sp³-hybridized carbons (Fsp3) is 0.312. The van der Waals surface area contributed by atoms with Crippen LogP contribution in [0, 0.1) is 0 Å². The number of hydrogen-bond acceptors (Lipinski definition) is 5. The number of hydrogen-bond donors (Lipinski definition) is 2. The molecule has 8 nitrogen and oxygen atoms in total. The van der Waals surface area contributed by atoms with Crippen molar-refractivity contribution in [3.05, 3.63) is 42.0 Å². The van der Waals surface area contributed by atoms with Gasteiger partial charge in [0.05, 0.1) is 12.5 Å². The van der Waals surface area contributed by atoms with Crippen molar-refractivity contribution in [2.75, 3.05) is 6.79 Å². The van der Waals surface area contributed by atoms with Gasteiger partial charge in [-0.05, 0) is 24.6 Å². The van der Waals surface area contributed by atoms with Gasteiger partial charge in [0.25, 0.3) is 0 Å². The lowest BCUT2D eigenvalue weighted by Crippen LogP contribution is -2.29. The third-order valence-corrected chi connectivity index (χ3v) is 3.82. The molecule has 1 unspecified atom stereocenters. The molecule has 1 amide bonds. The number of benzene rings is 1. The molecule has 1 aliphatic heterocycles. The maximum Gasteiger partial charge on any atom is 0.323 e. The Morgan fingerprint density at radius 3 is 2.96 bits per heavy atom. The number of aliphatic carboxylic acids is 1. The highest BCUT2D eigenvalue weighted by atomic mass is 16.7. The van der Waals surface area contributed by atoms with E-state index in [1.54, 1.807) is 25.3 Å². The minimum atomic E-state index is -0.964. The van der Waals surface area contributed by atoms with E-state index in [4.69, 9.17) is 14.6 Å². The zero-order valence-electron chi connectivity index (χ0n) is 13.1. The first-order valence-electron chi connectivity index (χ1n) is 7.43. The lowest BCUT2D eigenvalue weighted by Gasteiger charge is -2.13. The summed E-state index contributed by atoms with van der Waals surface area (Å²) in [6, 6.07) is 5.39. The molecule has 1 aromatic carbocycles. The Balaban J connectivity index is 1.63. The molecule has 1 aliphatic rings. The molecule has 0 spiro atoms. The second kappa shape index (κ2) is 6.61. The minimum absolute atomic E-state index is 0.161. The Labute approximate surface area is 138 Å². The SMILES string of the molecule is CC(C(=O)NCc1nccn1CC(=O)O)c1ccc2c(c1)OCO2. The van der Waals surface area contributed by atoms with Crippen LogP contribution in [0.25, 0.3) is 0 Å². The zero-order valence-corrected chi connectivity index (χ0v) is 13.1. The standard InChI is InChI=1S/C16H17N3O5/c1-10(11-2-3-12-13(6-11)24-9-23-12)16(22)18-7-14-17-4-5-19(14)8-15(20)21/h2-6,10H,7-9H2,1H3,(H,18,22)(H,20,21). The smallest absolute Gasteiger partial charge is 0.323 e. The molecule has 0 saturated heterocycles. The average Bonchev–Trinajstić information content (AvgIpc) is 3.19. The first-order valence-corrected chi connectivity index (χ1v) is 7.43. The molecular formula is C16H17N3O5. The van der Waals surface area contributed by atoms with E-state index in [2.05, 4.69) is 10.3 Å². The first-order chi connectivity index (χ1) is 11.5. The highest BCUT2D eigenvalue weighted by Gasteiger charge is 2.20. The van der Waals surface area contributed by atoms with E-state index >= 15 is 0 Å². The maximum absolute atomic E-state index is 12.3. The lowest BCUT2D eigenvalue weighted by molar-refractivity contribution is -0.137. The molecule has 0 fully saturated rings. The molecule has 0 aliphatic carbocycles. The largest absolute Gasteiger partial charge is 0.480 e. The van der Waals surface area contributed by atoms with Gasteiger partial charge in [0.15, 0.2) is 11.5 Å². The molecule has 24 heavy (non-hydrogen) atoms. The van der Waals surface area contributed by atoms with Crippen molar-refractivity contribution in [1.29, 1.82) is 0 Å². The van der Waals surface area contributed by atoms with Gasteiger partial charge >= 0.3 is 5.97 Å². The number of amides is 1. The molecule has 3 rings (SSSR count). The molecule has 2 N–H and O–H groups in total. The molecule has 1 atom stereocenters. The van der Waals surface area contributed by atoms with Crippen molar-refractivity contribution >= 4 is 11.9 Å². The van der Waals surface area contributed by atoms with Crippen LogP contribution in [-0.4, -0.2) is 33.3 Å². The monoisotopic (exact) mass is 331 g/mol.